The molecule has 1 radical (unpaired) electrons. The van der Waals surface area contributed by atoms with E-state index >= 15 is 0 Å². The predicted molar refractivity (Wildman–Crippen MR) is 54.3 cm³/mol. The molecule has 0 amide bonds. The first-order valence-electron chi connectivity index (χ1n) is 5.26. The van der Waals surface area contributed by atoms with Gasteiger partial charge in [-0.05, 0) is 12.8 Å². The molecule has 0 aliphatic rings. The van der Waals surface area contributed by atoms with Crippen molar-refractivity contribution < 1.29 is 9.53 Å². The molecule has 0 aromatic carbocycles. The maximum atomic E-state index is 11.0. The van der Waals surface area contributed by atoms with Crippen molar-refractivity contribution in [2.24, 2.45) is 0 Å². The van der Waals surface area contributed by atoms with Crippen LogP contribution in [-0.4, -0.2) is 12.6 Å². The van der Waals surface area contributed by atoms with Crippen LogP contribution in [-0.2, 0) is 9.53 Å². The van der Waals surface area contributed by atoms with Crippen LogP contribution in [0.1, 0.15) is 51.9 Å². The van der Waals surface area contributed by atoms with E-state index in [1.807, 2.05) is 0 Å². The zero-order valence-electron chi connectivity index (χ0n) is 8.68. The van der Waals surface area contributed by atoms with Gasteiger partial charge in [0.05, 0.1) is 6.61 Å². The number of hydrogen-bond acceptors (Lipinski definition) is 2. The third-order valence-corrected chi connectivity index (χ3v) is 1.89. The van der Waals surface area contributed by atoms with Crippen LogP contribution in [0.5, 0.6) is 0 Å². The van der Waals surface area contributed by atoms with Crippen molar-refractivity contribution in [2.45, 2.75) is 51.9 Å². The smallest absolute Gasteiger partial charge is 0.305 e. The third kappa shape index (κ3) is 9.38. The molecule has 0 aliphatic heterocycles. The molecule has 0 bridgehead atoms. The van der Waals surface area contributed by atoms with Crippen LogP contribution in [0.15, 0.2) is 0 Å². The van der Waals surface area contributed by atoms with E-state index in [4.69, 9.17) is 4.74 Å². The second-order valence-electron chi connectivity index (χ2n) is 3.24. The molecular formula is C11H21O2. The number of esters is 1. The molecule has 0 fully saturated rings. The average Bonchev–Trinajstić information content (AvgIpc) is 2.14. The summed E-state index contributed by atoms with van der Waals surface area (Å²) in [5, 5.41) is 0. The van der Waals surface area contributed by atoms with Gasteiger partial charge in [0.25, 0.3) is 0 Å². The minimum Gasteiger partial charge on any atom is -0.466 e. The first-order chi connectivity index (χ1) is 6.31. The van der Waals surface area contributed by atoms with Gasteiger partial charge >= 0.3 is 5.97 Å². The summed E-state index contributed by atoms with van der Waals surface area (Å²) in [5.41, 5.74) is 0. The molecule has 0 heterocycles. The summed E-state index contributed by atoms with van der Waals surface area (Å²) >= 11 is 0. The first kappa shape index (κ1) is 12.5. The summed E-state index contributed by atoms with van der Waals surface area (Å²) in [4.78, 5) is 11.0. The Labute approximate surface area is 81.7 Å². The molecule has 0 saturated heterocycles. The molecule has 2 heteroatoms. The highest BCUT2D eigenvalue weighted by atomic mass is 16.5. The van der Waals surface area contributed by atoms with Gasteiger partial charge in [0.2, 0.25) is 0 Å². The van der Waals surface area contributed by atoms with E-state index in [9.17, 15) is 4.79 Å². The minimum atomic E-state index is -0.0449. The molecular weight excluding hydrogens is 164 g/mol. The highest BCUT2D eigenvalue weighted by molar-refractivity contribution is 5.69. The van der Waals surface area contributed by atoms with Gasteiger partial charge in [0, 0.05) is 6.42 Å². The van der Waals surface area contributed by atoms with Crippen molar-refractivity contribution in [3.63, 3.8) is 0 Å². The molecule has 0 aromatic rings. The number of carbonyl (C=O) groups is 1. The monoisotopic (exact) mass is 185 g/mol. The van der Waals surface area contributed by atoms with E-state index in [2.05, 4.69) is 13.8 Å². The van der Waals surface area contributed by atoms with Gasteiger partial charge in [-0.1, -0.05) is 39.5 Å². The van der Waals surface area contributed by atoms with Gasteiger partial charge < -0.3 is 4.74 Å². The number of hydrogen-bond donors (Lipinski definition) is 0. The maximum Gasteiger partial charge on any atom is 0.305 e. The van der Waals surface area contributed by atoms with Crippen molar-refractivity contribution in [1.29, 1.82) is 0 Å². The molecule has 0 atom stereocenters. The fourth-order valence-corrected chi connectivity index (χ4v) is 1.03. The van der Waals surface area contributed by atoms with Gasteiger partial charge in [0.1, 0.15) is 0 Å². The Balaban J connectivity index is 3.08. The van der Waals surface area contributed by atoms with Gasteiger partial charge in [0.15, 0.2) is 0 Å². The highest BCUT2D eigenvalue weighted by Gasteiger charge is 2.00. The van der Waals surface area contributed by atoms with Gasteiger partial charge in [-0.25, -0.2) is 0 Å². The quantitative estimate of drug-likeness (QED) is 0.429. The molecule has 0 spiro atoms. The van der Waals surface area contributed by atoms with Gasteiger partial charge in [-0.3, -0.25) is 4.79 Å². The van der Waals surface area contributed by atoms with E-state index in [1.54, 1.807) is 0 Å². The SMILES string of the molecule is [CH2]CCCCCOC(=O)CCCC. The Bertz CT molecular complexity index is 121. The molecule has 0 saturated carbocycles. The zero-order chi connectivity index (χ0) is 9.94. The summed E-state index contributed by atoms with van der Waals surface area (Å²) in [6.07, 6.45) is 6.77. The van der Waals surface area contributed by atoms with E-state index in [0.29, 0.717) is 13.0 Å². The second-order valence-corrected chi connectivity index (χ2v) is 3.24. The lowest BCUT2D eigenvalue weighted by Gasteiger charge is -2.03. The van der Waals surface area contributed by atoms with Crippen LogP contribution < -0.4 is 0 Å². The predicted octanol–water partition coefficient (Wildman–Crippen LogP) is 3.11. The molecule has 0 rings (SSSR count). The van der Waals surface area contributed by atoms with Crippen LogP contribution in [0, 0.1) is 6.92 Å². The van der Waals surface area contributed by atoms with Crippen LogP contribution in [0.3, 0.4) is 0 Å². The lowest BCUT2D eigenvalue weighted by Crippen LogP contribution is -2.05. The molecule has 0 aliphatic carbocycles. The summed E-state index contributed by atoms with van der Waals surface area (Å²) in [7, 11) is 0. The molecule has 0 aromatic heterocycles. The van der Waals surface area contributed by atoms with Gasteiger partial charge in [-0.15, -0.1) is 0 Å². The van der Waals surface area contributed by atoms with Crippen molar-refractivity contribution in [1.82, 2.24) is 0 Å². The Morgan fingerprint density at radius 3 is 2.62 bits per heavy atom. The number of ether oxygens (including phenoxy) is 1. The molecule has 0 unspecified atom stereocenters. The summed E-state index contributed by atoms with van der Waals surface area (Å²) in [5.74, 6) is -0.0449. The van der Waals surface area contributed by atoms with Crippen LogP contribution in [0.2, 0.25) is 0 Å². The average molecular weight is 185 g/mol. The van der Waals surface area contributed by atoms with Crippen molar-refractivity contribution in [3.8, 4) is 0 Å². The summed E-state index contributed by atoms with van der Waals surface area (Å²) in [6.45, 7) is 6.41. The number of rotatable bonds is 8. The molecule has 13 heavy (non-hydrogen) atoms. The fraction of sp³-hybridized carbons (Fsp3) is 0.818. The molecule has 2 nitrogen and oxygen atoms in total. The van der Waals surface area contributed by atoms with E-state index in [0.717, 1.165) is 38.5 Å². The Morgan fingerprint density at radius 2 is 2.00 bits per heavy atom. The largest absolute Gasteiger partial charge is 0.466 e. The van der Waals surface area contributed by atoms with Crippen LogP contribution in [0.4, 0.5) is 0 Å². The van der Waals surface area contributed by atoms with Crippen LogP contribution >= 0.6 is 0 Å². The zero-order valence-corrected chi connectivity index (χ0v) is 8.68. The minimum absolute atomic E-state index is 0.0449. The Morgan fingerprint density at radius 1 is 1.23 bits per heavy atom. The van der Waals surface area contributed by atoms with E-state index in [1.165, 1.54) is 0 Å². The molecule has 0 N–H and O–H groups in total. The third-order valence-electron chi connectivity index (χ3n) is 1.89. The standard InChI is InChI=1S/C11H21O2/c1-3-5-7-8-10-13-11(12)9-6-4-2/h1,3-10H2,2H3. The van der Waals surface area contributed by atoms with Crippen molar-refractivity contribution in [2.75, 3.05) is 6.61 Å². The normalized spacial score (nSPS) is 10.0. The number of carbonyl (C=O) groups excluding carboxylic acids is 1. The highest BCUT2D eigenvalue weighted by Crippen LogP contribution is 2.01. The van der Waals surface area contributed by atoms with E-state index in [-0.39, 0.29) is 5.97 Å². The topological polar surface area (TPSA) is 26.3 Å². The van der Waals surface area contributed by atoms with E-state index < -0.39 is 0 Å². The fourth-order valence-electron chi connectivity index (χ4n) is 1.03. The summed E-state index contributed by atoms with van der Waals surface area (Å²) in [6, 6.07) is 0. The van der Waals surface area contributed by atoms with Crippen molar-refractivity contribution in [3.05, 3.63) is 6.92 Å². The van der Waals surface area contributed by atoms with Crippen LogP contribution in [0.25, 0.3) is 0 Å². The first-order valence-corrected chi connectivity index (χ1v) is 5.26. The summed E-state index contributed by atoms with van der Waals surface area (Å²) < 4.78 is 5.03. The molecule has 77 valence electrons. The Hall–Kier alpha value is -0.530. The number of unbranched alkanes of at least 4 members (excludes halogenated alkanes) is 4. The second kappa shape index (κ2) is 9.56. The Kier molecular flexibility index (Phi) is 9.17. The maximum absolute atomic E-state index is 11.0. The van der Waals surface area contributed by atoms with Crippen molar-refractivity contribution >= 4 is 5.97 Å². The lowest BCUT2D eigenvalue weighted by atomic mass is 10.2. The lowest BCUT2D eigenvalue weighted by molar-refractivity contribution is -0.143. The van der Waals surface area contributed by atoms with Gasteiger partial charge in [-0.2, -0.15) is 0 Å².